The van der Waals surface area contributed by atoms with Crippen LogP contribution >= 0.6 is 0 Å². The molecule has 0 aromatic carbocycles. The molecule has 0 spiro atoms. The Bertz CT molecular complexity index is 410. The molecule has 1 atom stereocenters. The van der Waals surface area contributed by atoms with Gasteiger partial charge in [-0.05, 0) is 24.7 Å². The largest absolute Gasteiger partial charge is 0.803 e. The van der Waals surface area contributed by atoms with Gasteiger partial charge in [0, 0.05) is 11.9 Å². The van der Waals surface area contributed by atoms with Crippen LogP contribution in [0.5, 0.6) is 0 Å². The maximum atomic E-state index is 11.7. The molecule has 0 amide bonds. The van der Waals surface area contributed by atoms with Crippen LogP contribution in [0.4, 0.5) is 0 Å². The van der Waals surface area contributed by atoms with Gasteiger partial charge >= 0.3 is 0 Å². The first kappa shape index (κ1) is 12.7. The first-order chi connectivity index (χ1) is 7.47. The Labute approximate surface area is 95.9 Å². The van der Waals surface area contributed by atoms with Gasteiger partial charge in [0.25, 0.3) is 5.56 Å². The minimum Gasteiger partial charge on any atom is -0.803 e. The van der Waals surface area contributed by atoms with Crippen LogP contribution < -0.4 is 5.56 Å². The quantitative estimate of drug-likeness (QED) is 0.787. The molecule has 1 aromatic heterocycles. The van der Waals surface area contributed by atoms with Crippen LogP contribution in [0.2, 0.25) is 0 Å². The summed E-state index contributed by atoms with van der Waals surface area (Å²) in [4.78, 5) is 15.8. The van der Waals surface area contributed by atoms with E-state index in [2.05, 4.69) is 4.98 Å². The van der Waals surface area contributed by atoms with E-state index in [4.69, 9.17) is 0 Å². The van der Waals surface area contributed by atoms with Gasteiger partial charge in [0.05, 0.1) is 0 Å². The van der Waals surface area contributed by atoms with E-state index in [0.29, 0.717) is 28.5 Å². The molecule has 0 N–H and O–H groups in total. The van der Waals surface area contributed by atoms with Crippen molar-refractivity contribution in [3.05, 3.63) is 33.1 Å². The fraction of sp³-hybridized carbons (Fsp3) is 0.667. The molecule has 0 aliphatic heterocycles. The van der Waals surface area contributed by atoms with Crippen molar-refractivity contribution in [3.63, 3.8) is 0 Å². The molecule has 0 unspecified atom stereocenters. The fourth-order valence-corrected chi connectivity index (χ4v) is 1.55. The first-order valence-electron chi connectivity index (χ1n) is 5.75. The lowest BCUT2D eigenvalue weighted by Crippen LogP contribution is -2.26. The lowest BCUT2D eigenvalue weighted by molar-refractivity contribution is 0.610. The van der Waals surface area contributed by atoms with E-state index in [-0.39, 0.29) is 5.92 Å². The van der Waals surface area contributed by atoms with Crippen LogP contribution in [-0.4, -0.2) is 9.71 Å². The molecule has 0 saturated carbocycles. The second-order valence-electron chi connectivity index (χ2n) is 4.64. The van der Waals surface area contributed by atoms with Crippen LogP contribution in [0.15, 0.2) is 11.0 Å². The van der Waals surface area contributed by atoms with Gasteiger partial charge in [-0.3, -0.25) is 9.78 Å². The minimum absolute atomic E-state index is 0.0748. The highest BCUT2D eigenvalue weighted by Gasteiger charge is 2.10. The molecule has 0 aliphatic rings. The Morgan fingerprint density at radius 3 is 2.56 bits per heavy atom. The van der Waals surface area contributed by atoms with Crippen molar-refractivity contribution in [1.82, 2.24) is 9.71 Å². The van der Waals surface area contributed by atoms with E-state index in [9.17, 15) is 10.0 Å². The number of hydrogen-bond donors (Lipinski definition) is 0. The van der Waals surface area contributed by atoms with E-state index >= 15 is 0 Å². The highest BCUT2D eigenvalue weighted by atomic mass is 16.5. The van der Waals surface area contributed by atoms with Gasteiger partial charge in [-0.1, -0.05) is 27.7 Å². The smallest absolute Gasteiger partial charge is 0.267 e. The van der Waals surface area contributed by atoms with E-state index < -0.39 is 5.56 Å². The standard InChI is InChI=1S/C12H19N2O2/c1-5-9(4)11-7-13-10(6-8(2)3)12(15)14(11)16/h7-9H,5-6H2,1-4H3/q-1/t9-/m0/s1. The fourth-order valence-electron chi connectivity index (χ4n) is 1.55. The number of hydrogen-bond acceptors (Lipinski definition) is 3. The van der Waals surface area contributed by atoms with Crippen molar-refractivity contribution < 1.29 is 0 Å². The summed E-state index contributed by atoms with van der Waals surface area (Å²) in [6.45, 7) is 7.90. The molecule has 4 nitrogen and oxygen atoms in total. The van der Waals surface area contributed by atoms with Gasteiger partial charge in [0.1, 0.15) is 5.69 Å². The Balaban J connectivity index is 3.13. The predicted molar refractivity (Wildman–Crippen MR) is 64.5 cm³/mol. The third kappa shape index (κ3) is 2.62. The molecule has 1 heterocycles. The predicted octanol–water partition coefficient (Wildman–Crippen LogP) is 2.30. The lowest BCUT2D eigenvalue weighted by Gasteiger charge is -2.21. The summed E-state index contributed by atoms with van der Waals surface area (Å²) in [7, 11) is 0. The van der Waals surface area contributed by atoms with E-state index in [0.717, 1.165) is 6.42 Å². The summed E-state index contributed by atoms with van der Waals surface area (Å²) in [5, 5.41) is 11.7. The Kier molecular flexibility index (Phi) is 4.10. The molecule has 0 saturated heterocycles. The summed E-state index contributed by atoms with van der Waals surface area (Å²) in [5.41, 5.74) is 0.351. The molecule has 0 radical (unpaired) electrons. The van der Waals surface area contributed by atoms with Gasteiger partial charge in [-0.15, -0.1) is 0 Å². The Morgan fingerprint density at radius 1 is 1.44 bits per heavy atom. The summed E-state index contributed by atoms with van der Waals surface area (Å²) >= 11 is 0. The number of rotatable bonds is 4. The number of nitrogens with zero attached hydrogens (tertiary/aromatic N) is 2. The molecule has 1 rings (SSSR count). The third-order valence-electron chi connectivity index (χ3n) is 2.74. The van der Waals surface area contributed by atoms with E-state index in [1.807, 2.05) is 27.7 Å². The average molecular weight is 223 g/mol. The second-order valence-corrected chi connectivity index (χ2v) is 4.64. The molecule has 16 heavy (non-hydrogen) atoms. The maximum absolute atomic E-state index is 11.7. The van der Waals surface area contributed by atoms with Crippen molar-refractivity contribution in [3.8, 4) is 0 Å². The van der Waals surface area contributed by atoms with Crippen LogP contribution in [-0.2, 0) is 6.42 Å². The van der Waals surface area contributed by atoms with Crippen molar-refractivity contribution in [2.24, 2.45) is 5.92 Å². The minimum atomic E-state index is -0.494. The van der Waals surface area contributed by atoms with Gasteiger partial charge in [-0.2, -0.15) is 0 Å². The molecule has 1 aromatic rings. The number of aromatic nitrogens is 2. The molecule has 4 heteroatoms. The van der Waals surface area contributed by atoms with Crippen molar-refractivity contribution in [1.29, 1.82) is 0 Å². The van der Waals surface area contributed by atoms with Gasteiger partial charge in [0.15, 0.2) is 0 Å². The van der Waals surface area contributed by atoms with Crippen LogP contribution in [0.25, 0.3) is 0 Å². The van der Waals surface area contributed by atoms with Crippen molar-refractivity contribution >= 4 is 0 Å². The van der Waals surface area contributed by atoms with E-state index in [1.54, 1.807) is 6.20 Å². The Hall–Kier alpha value is -1.32. The molecule has 90 valence electrons. The molecular weight excluding hydrogens is 204 g/mol. The van der Waals surface area contributed by atoms with Gasteiger partial charge in [-0.25, -0.2) is 0 Å². The lowest BCUT2D eigenvalue weighted by atomic mass is 10.0. The topological polar surface area (TPSA) is 58.0 Å². The van der Waals surface area contributed by atoms with Crippen molar-refractivity contribution in [2.45, 2.75) is 46.5 Å². The van der Waals surface area contributed by atoms with Gasteiger partial charge in [0.2, 0.25) is 0 Å². The normalized spacial score (nSPS) is 13.1. The molecule has 0 bridgehead atoms. The van der Waals surface area contributed by atoms with Crippen LogP contribution in [0.3, 0.4) is 0 Å². The monoisotopic (exact) mass is 223 g/mol. The average Bonchev–Trinajstić information content (AvgIpc) is 2.23. The van der Waals surface area contributed by atoms with E-state index in [1.165, 1.54) is 0 Å². The summed E-state index contributed by atoms with van der Waals surface area (Å²) in [6.07, 6.45) is 2.93. The summed E-state index contributed by atoms with van der Waals surface area (Å²) in [5.74, 6) is 0.403. The van der Waals surface area contributed by atoms with Crippen molar-refractivity contribution in [2.75, 3.05) is 0 Å². The molecule has 0 fully saturated rings. The van der Waals surface area contributed by atoms with Crippen LogP contribution in [0, 0.1) is 11.1 Å². The Morgan fingerprint density at radius 2 is 2.06 bits per heavy atom. The SMILES string of the molecule is CC[C@H](C)c1cnc(CC(C)C)c(=O)n1[O-]. The molecule has 0 aliphatic carbocycles. The van der Waals surface area contributed by atoms with Crippen LogP contribution in [0.1, 0.15) is 51.4 Å². The summed E-state index contributed by atoms with van der Waals surface area (Å²) < 4.78 is 0.499. The third-order valence-corrected chi connectivity index (χ3v) is 2.74. The second kappa shape index (κ2) is 5.14. The zero-order chi connectivity index (χ0) is 12.3. The molecular formula is C12H19N2O2-. The highest BCUT2D eigenvalue weighted by Crippen LogP contribution is 2.16. The first-order valence-corrected chi connectivity index (χ1v) is 5.75. The zero-order valence-electron chi connectivity index (χ0n) is 10.4. The zero-order valence-corrected chi connectivity index (χ0v) is 10.4. The summed E-state index contributed by atoms with van der Waals surface area (Å²) in [6, 6.07) is 0. The van der Waals surface area contributed by atoms with Gasteiger partial charge < -0.3 is 9.94 Å². The highest BCUT2D eigenvalue weighted by molar-refractivity contribution is 5.11. The maximum Gasteiger partial charge on any atom is 0.267 e.